The Morgan fingerprint density at radius 3 is 1.12 bits per heavy atom. The van der Waals surface area contributed by atoms with Gasteiger partial charge in [-0.2, -0.15) is 0 Å². The molecule has 0 aromatic rings. The normalized spacial score (nSPS) is 13.5. The van der Waals surface area contributed by atoms with Gasteiger partial charge in [-0.1, -0.05) is 231 Å². The fourth-order valence-electron chi connectivity index (χ4n) is 8.03. The molecule has 12 heteroatoms. The second-order valence-electron chi connectivity index (χ2n) is 19.1. The second kappa shape index (κ2) is 51.3. The summed E-state index contributed by atoms with van der Waals surface area (Å²) < 4.78 is 39.4. The monoisotopic (exact) mass is 985 g/mol. The van der Waals surface area contributed by atoms with Crippen LogP contribution in [0.4, 0.5) is 0 Å². The molecule has 0 bridgehead atoms. The van der Waals surface area contributed by atoms with Crippen LogP contribution in [0.5, 0.6) is 0 Å². The topological polar surface area (TPSA) is 155 Å². The van der Waals surface area contributed by atoms with Crippen LogP contribution >= 0.6 is 7.82 Å². The van der Waals surface area contributed by atoms with E-state index in [1.54, 1.807) is 0 Å². The van der Waals surface area contributed by atoms with Gasteiger partial charge in [0, 0.05) is 19.3 Å². The van der Waals surface area contributed by atoms with Gasteiger partial charge in [0.15, 0.2) is 6.10 Å². The Morgan fingerprint density at radius 2 is 0.721 bits per heavy atom. The van der Waals surface area contributed by atoms with Crippen molar-refractivity contribution < 1.29 is 52.2 Å². The first-order valence-corrected chi connectivity index (χ1v) is 29.7. The average Bonchev–Trinajstić information content (AvgIpc) is 3.32. The van der Waals surface area contributed by atoms with Crippen molar-refractivity contribution in [2.45, 2.75) is 290 Å². The Bertz CT molecular complexity index is 1240. The molecule has 0 aliphatic heterocycles. The number of carbonyl (C=O) groups is 3. The lowest BCUT2D eigenvalue weighted by molar-refractivity contribution is -0.161. The molecule has 0 fully saturated rings. The fourth-order valence-corrected chi connectivity index (χ4v) is 8.82. The van der Waals surface area contributed by atoms with E-state index in [0.717, 1.165) is 83.5 Å². The zero-order chi connectivity index (χ0) is 49.9. The van der Waals surface area contributed by atoms with Crippen LogP contribution in [0.25, 0.3) is 0 Å². The van der Waals surface area contributed by atoms with Gasteiger partial charge < -0.3 is 24.2 Å². The van der Waals surface area contributed by atoms with E-state index >= 15 is 0 Å². The number of allylic oxidation sites excluding steroid dienone is 4. The summed E-state index contributed by atoms with van der Waals surface area (Å²) in [5, 5.41) is 9.78. The van der Waals surface area contributed by atoms with Crippen LogP contribution < -0.4 is 0 Å². The van der Waals surface area contributed by atoms with Crippen molar-refractivity contribution in [1.29, 1.82) is 0 Å². The minimum atomic E-state index is -4.74. The molecule has 0 aliphatic carbocycles. The van der Waals surface area contributed by atoms with Gasteiger partial charge >= 0.3 is 25.7 Å². The molecule has 0 spiro atoms. The van der Waals surface area contributed by atoms with Crippen molar-refractivity contribution in [3.63, 3.8) is 0 Å². The summed E-state index contributed by atoms with van der Waals surface area (Å²) in [4.78, 5) is 48.4. The van der Waals surface area contributed by atoms with Crippen molar-refractivity contribution in [2.75, 3.05) is 26.4 Å². The highest BCUT2D eigenvalue weighted by molar-refractivity contribution is 7.47. The number of esters is 3. The van der Waals surface area contributed by atoms with Crippen molar-refractivity contribution in [3.05, 3.63) is 24.3 Å². The molecule has 0 aliphatic rings. The van der Waals surface area contributed by atoms with Gasteiger partial charge in [0.25, 0.3) is 0 Å². The molecule has 0 amide bonds. The Kier molecular flexibility index (Phi) is 49.8. The summed E-state index contributed by atoms with van der Waals surface area (Å²) in [5.74, 6) is -1.46. The smallest absolute Gasteiger partial charge is 0.462 e. The lowest BCUT2D eigenvalue weighted by Crippen LogP contribution is -2.30. The highest BCUT2D eigenvalue weighted by Crippen LogP contribution is 2.43. The number of aliphatic hydroxyl groups is 1. The maximum Gasteiger partial charge on any atom is 0.472 e. The predicted octanol–water partition coefficient (Wildman–Crippen LogP) is 16.3. The Morgan fingerprint density at radius 1 is 0.412 bits per heavy atom. The van der Waals surface area contributed by atoms with E-state index in [1.165, 1.54) is 135 Å². The molecule has 11 nitrogen and oxygen atoms in total. The Hall–Kier alpha value is -2.04. The molecule has 68 heavy (non-hydrogen) atoms. The molecular formula is C56H105O11P. The summed E-state index contributed by atoms with van der Waals surface area (Å²) >= 11 is 0. The number of hydrogen-bond acceptors (Lipinski definition) is 10. The maximum atomic E-state index is 12.9. The first-order chi connectivity index (χ1) is 33.2. The minimum absolute atomic E-state index is 0.171. The van der Waals surface area contributed by atoms with Crippen molar-refractivity contribution in [3.8, 4) is 0 Å². The number of hydrogen-bond donors (Lipinski definition) is 2. The van der Waals surface area contributed by atoms with Crippen molar-refractivity contribution in [1.82, 2.24) is 0 Å². The van der Waals surface area contributed by atoms with Gasteiger partial charge in [0.05, 0.1) is 19.8 Å². The second-order valence-corrected chi connectivity index (χ2v) is 20.6. The zero-order valence-electron chi connectivity index (χ0n) is 44.1. The summed E-state index contributed by atoms with van der Waals surface area (Å²) in [6.45, 7) is 4.63. The van der Waals surface area contributed by atoms with Gasteiger partial charge in [-0.05, 0) is 51.4 Å². The quantitative estimate of drug-likeness (QED) is 0.0197. The number of rotatable bonds is 53. The third-order valence-electron chi connectivity index (χ3n) is 12.4. The Labute approximate surface area is 417 Å². The van der Waals surface area contributed by atoms with E-state index in [1.807, 2.05) is 0 Å². The summed E-state index contributed by atoms with van der Waals surface area (Å²) in [5.41, 5.74) is 0. The molecule has 0 heterocycles. The molecule has 0 radical (unpaired) electrons. The van der Waals surface area contributed by atoms with Crippen LogP contribution in [0, 0.1) is 0 Å². The highest BCUT2D eigenvalue weighted by atomic mass is 31.2. The molecule has 0 aromatic carbocycles. The maximum absolute atomic E-state index is 12.9. The summed E-state index contributed by atoms with van der Waals surface area (Å²) in [6, 6.07) is 0. The van der Waals surface area contributed by atoms with Gasteiger partial charge in [-0.25, -0.2) is 4.57 Å². The molecule has 0 rings (SSSR count). The van der Waals surface area contributed by atoms with E-state index in [9.17, 15) is 28.9 Å². The third-order valence-corrected chi connectivity index (χ3v) is 13.3. The van der Waals surface area contributed by atoms with Crippen LogP contribution in [0.3, 0.4) is 0 Å². The molecule has 0 saturated carbocycles. The van der Waals surface area contributed by atoms with Gasteiger partial charge in [-0.15, -0.1) is 0 Å². The molecule has 0 saturated heterocycles. The SMILES string of the molecule is CCCCC/C=C\C/C=C\CCCCCCCC(=O)OCC(COP(=O)(O)OCC(CO)OC(=O)CCCCCCCCCCCCC)OC(=O)CCCCCCCCCCCCCCCCC. The van der Waals surface area contributed by atoms with Crippen LogP contribution in [0.15, 0.2) is 24.3 Å². The number of carbonyl (C=O) groups excluding carboxylic acids is 3. The van der Waals surface area contributed by atoms with Crippen LogP contribution in [-0.4, -0.2) is 66.5 Å². The molecule has 2 N–H and O–H groups in total. The first kappa shape index (κ1) is 66.0. The Balaban J connectivity index is 4.72. The number of phosphoric ester groups is 1. The molecule has 400 valence electrons. The average molecular weight is 985 g/mol. The molecule has 3 atom stereocenters. The highest BCUT2D eigenvalue weighted by Gasteiger charge is 2.28. The summed E-state index contributed by atoms with van der Waals surface area (Å²) in [7, 11) is -4.74. The minimum Gasteiger partial charge on any atom is -0.462 e. The largest absolute Gasteiger partial charge is 0.472 e. The zero-order valence-corrected chi connectivity index (χ0v) is 45.0. The molecule has 0 aromatic heterocycles. The number of unbranched alkanes of at least 4 members (excludes halogenated alkanes) is 32. The number of phosphoric acid groups is 1. The van der Waals surface area contributed by atoms with Crippen molar-refractivity contribution in [2.24, 2.45) is 0 Å². The van der Waals surface area contributed by atoms with Crippen LogP contribution in [0.2, 0.25) is 0 Å². The fraction of sp³-hybridized carbons (Fsp3) is 0.875. The van der Waals surface area contributed by atoms with E-state index in [0.29, 0.717) is 19.3 Å². The molecule has 3 unspecified atom stereocenters. The van der Waals surface area contributed by atoms with Gasteiger partial charge in [0.1, 0.15) is 12.7 Å². The van der Waals surface area contributed by atoms with Crippen LogP contribution in [-0.2, 0) is 42.2 Å². The lowest BCUT2D eigenvalue weighted by Gasteiger charge is -2.21. The summed E-state index contributed by atoms with van der Waals surface area (Å²) in [6.07, 6.45) is 49.9. The van der Waals surface area contributed by atoms with E-state index in [-0.39, 0.29) is 25.9 Å². The first-order valence-electron chi connectivity index (χ1n) is 28.2. The van der Waals surface area contributed by atoms with Gasteiger partial charge in [0.2, 0.25) is 0 Å². The van der Waals surface area contributed by atoms with Gasteiger partial charge in [-0.3, -0.25) is 23.4 Å². The number of ether oxygens (including phenoxy) is 3. The predicted molar refractivity (Wildman–Crippen MR) is 280 cm³/mol. The van der Waals surface area contributed by atoms with Crippen LogP contribution in [0.1, 0.15) is 278 Å². The number of aliphatic hydroxyl groups excluding tert-OH is 1. The molecular weight excluding hydrogens is 880 g/mol. The lowest BCUT2D eigenvalue weighted by atomic mass is 10.0. The van der Waals surface area contributed by atoms with E-state index in [4.69, 9.17) is 23.3 Å². The van der Waals surface area contributed by atoms with Crippen molar-refractivity contribution >= 4 is 25.7 Å². The standard InChI is InChI=1S/C56H105O11P/c1-4-7-10-13-16-19-22-24-26-28-31-33-36-39-42-45-54(58)63-49-53(67-56(60)47-44-41-38-35-32-29-27-25-23-20-17-14-11-8-5-2)51-65-68(61,62)64-50-52(48-57)66-55(59)46-43-40-37-34-30-21-18-15-12-9-6-3/h16,19,24,26,52-53,57H,4-15,17-18,20-23,25,27-51H2,1-3H3,(H,61,62)/b19-16-,26-24-. The van der Waals surface area contributed by atoms with E-state index < -0.39 is 57.8 Å². The van der Waals surface area contributed by atoms with E-state index in [2.05, 4.69) is 45.1 Å². The third kappa shape index (κ3) is 49.0.